The van der Waals surface area contributed by atoms with Crippen LogP contribution in [-0.2, 0) is 6.54 Å². The number of aromatic hydroxyl groups is 1. The molecular formula is C9H12N2O3. The van der Waals surface area contributed by atoms with E-state index >= 15 is 0 Å². The molecule has 0 saturated carbocycles. The highest BCUT2D eigenvalue weighted by Gasteiger charge is 1.98. The Hall–Kier alpha value is -1.75. The van der Waals surface area contributed by atoms with Crippen LogP contribution in [0.1, 0.15) is 11.1 Å². The number of carbonyl (C=O) groups is 1. The molecule has 5 heteroatoms. The van der Waals surface area contributed by atoms with E-state index in [1.54, 1.807) is 25.1 Å². The Balaban J connectivity index is 2.51. The summed E-state index contributed by atoms with van der Waals surface area (Å²) in [4.78, 5) is 10.1. The van der Waals surface area contributed by atoms with Crippen molar-refractivity contribution < 1.29 is 15.0 Å². The van der Waals surface area contributed by atoms with Gasteiger partial charge in [-0.2, -0.15) is 0 Å². The summed E-state index contributed by atoms with van der Waals surface area (Å²) in [7, 11) is 0. The molecule has 0 unspecified atom stereocenters. The van der Waals surface area contributed by atoms with Gasteiger partial charge in [0.2, 0.25) is 0 Å². The van der Waals surface area contributed by atoms with E-state index in [0.29, 0.717) is 6.54 Å². The standard InChI is InChI=1S/C9H12N2O3/c1-6-4-7(2-3-8(6)12)5-10-11-9(13)14/h2-4,10-12H,5H2,1H3,(H,13,14). The molecule has 0 aromatic heterocycles. The van der Waals surface area contributed by atoms with Crippen molar-refractivity contribution >= 4 is 6.09 Å². The Morgan fingerprint density at radius 2 is 2.21 bits per heavy atom. The van der Waals surface area contributed by atoms with Crippen LogP contribution in [0, 0.1) is 6.92 Å². The lowest BCUT2D eigenvalue weighted by atomic mass is 10.1. The number of rotatable bonds is 3. The van der Waals surface area contributed by atoms with Crippen LogP contribution in [0.4, 0.5) is 4.79 Å². The third kappa shape index (κ3) is 2.95. The largest absolute Gasteiger partial charge is 0.508 e. The molecule has 0 saturated heterocycles. The number of phenolic OH excluding ortho intramolecular Hbond substituents is 1. The van der Waals surface area contributed by atoms with Crippen LogP contribution in [0.15, 0.2) is 18.2 Å². The SMILES string of the molecule is Cc1cc(CNNC(=O)O)ccc1O. The van der Waals surface area contributed by atoms with Crippen molar-refractivity contribution in [2.75, 3.05) is 0 Å². The van der Waals surface area contributed by atoms with Gasteiger partial charge >= 0.3 is 6.09 Å². The third-order valence-corrected chi connectivity index (χ3v) is 1.75. The van der Waals surface area contributed by atoms with E-state index in [9.17, 15) is 9.90 Å². The monoisotopic (exact) mass is 196 g/mol. The zero-order valence-corrected chi connectivity index (χ0v) is 7.74. The Morgan fingerprint density at radius 3 is 2.79 bits per heavy atom. The zero-order valence-electron chi connectivity index (χ0n) is 7.74. The van der Waals surface area contributed by atoms with Crippen molar-refractivity contribution in [3.8, 4) is 5.75 Å². The number of hydrazine groups is 1. The van der Waals surface area contributed by atoms with Crippen molar-refractivity contribution in [1.29, 1.82) is 0 Å². The lowest BCUT2D eigenvalue weighted by Crippen LogP contribution is -2.35. The highest BCUT2D eigenvalue weighted by atomic mass is 16.4. The summed E-state index contributed by atoms with van der Waals surface area (Å²) in [5, 5.41) is 17.5. The van der Waals surface area contributed by atoms with Gasteiger partial charge in [-0.3, -0.25) is 5.43 Å². The van der Waals surface area contributed by atoms with Crippen LogP contribution in [0.3, 0.4) is 0 Å². The van der Waals surface area contributed by atoms with Crippen molar-refractivity contribution in [3.05, 3.63) is 29.3 Å². The maximum Gasteiger partial charge on any atom is 0.419 e. The molecule has 0 aliphatic rings. The van der Waals surface area contributed by atoms with E-state index in [1.807, 2.05) is 5.43 Å². The van der Waals surface area contributed by atoms with Gasteiger partial charge in [-0.05, 0) is 24.1 Å². The molecule has 1 aromatic carbocycles. The van der Waals surface area contributed by atoms with E-state index in [2.05, 4.69) is 5.43 Å². The summed E-state index contributed by atoms with van der Waals surface area (Å²) in [6.07, 6.45) is -1.12. The first kappa shape index (κ1) is 10.3. The average molecular weight is 196 g/mol. The van der Waals surface area contributed by atoms with Gasteiger partial charge in [0.15, 0.2) is 0 Å². The second-order valence-corrected chi connectivity index (χ2v) is 2.90. The summed E-state index contributed by atoms with van der Waals surface area (Å²) in [6, 6.07) is 5.08. The fraction of sp³-hybridized carbons (Fsp3) is 0.222. The molecule has 0 bridgehead atoms. The smallest absolute Gasteiger partial charge is 0.419 e. The van der Waals surface area contributed by atoms with Crippen molar-refractivity contribution in [2.24, 2.45) is 0 Å². The predicted molar refractivity (Wildman–Crippen MR) is 50.8 cm³/mol. The first-order chi connectivity index (χ1) is 6.59. The molecule has 1 aromatic rings. The molecule has 0 aliphatic carbocycles. The molecule has 4 N–H and O–H groups in total. The zero-order chi connectivity index (χ0) is 10.6. The lowest BCUT2D eigenvalue weighted by Gasteiger charge is -2.05. The molecule has 0 aliphatic heterocycles. The van der Waals surface area contributed by atoms with Crippen LogP contribution in [0.25, 0.3) is 0 Å². The maximum absolute atomic E-state index is 10.1. The van der Waals surface area contributed by atoms with E-state index in [4.69, 9.17) is 5.11 Å². The first-order valence-electron chi connectivity index (χ1n) is 4.10. The summed E-state index contributed by atoms with van der Waals surface area (Å²) in [6.45, 7) is 2.16. The Morgan fingerprint density at radius 1 is 1.50 bits per heavy atom. The molecule has 5 nitrogen and oxygen atoms in total. The van der Waals surface area contributed by atoms with Gasteiger partial charge in [0.05, 0.1) is 0 Å². The second-order valence-electron chi connectivity index (χ2n) is 2.90. The maximum atomic E-state index is 10.1. The summed E-state index contributed by atoms with van der Waals surface area (Å²) in [5.74, 6) is 0.236. The van der Waals surface area contributed by atoms with Crippen molar-refractivity contribution in [1.82, 2.24) is 10.9 Å². The molecule has 0 heterocycles. The normalized spacial score (nSPS) is 9.79. The third-order valence-electron chi connectivity index (χ3n) is 1.75. The van der Waals surface area contributed by atoms with Gasteiger partial charge in [0, 0.05) is 6.54 Å². The minimum Gasteiger partial charge on any atom is -0.508 e. The van der Waals surface area contributed by atoms with Crippen LogP contribution in [-0.4, -0.2) is 16.3 Å². The van der Waals surface area contributed by atoms with Crippen molar-refractivity contribution in [2.45, 2.75) is 13.5 Å². The fourth-order valence-electron chi connectivity index (χ4n) is 1.05. The van der Waals surface area contributed by atoms with Gasteiger partial charge in [-0.1, -0.05) is 12.1 Å². The molecule has 0 atom stereocenters. The fourth-order valence-corrected chi connectivity index (χ4v) is 1.05. The number of nitrogens with one attached hydrogen (secondary N) is 2. The molecule has 0 radical (unpaired) electrons. The predicted octanol–water partition coefficient (Wildman–Crippen LogP) is 0.973. The number of hydrogen-bond donors (Lipinski definition) is 4. The number of hydrogen-bond acceptors (Lipinski definition) is 3. The molecule has 1 amide bonds. The molecule has 0 spiro atoms. The van der Waals surface area contributed by atoms with E-state index in [-0.39, 0.29) is 5.75 Å². The lowest BCUT2D eigenvalue weighted by molar-refractivity contribution is 0.189. The number of phenols is 1. The molecule has 1 rings (SSSR count). The van der Waals surface area contributed by atoms with Crippen molar-refractivity contribution in [3.63, 3.8) is 0 Å². The van der Waals surface area contributed by atoms with Crippen LogP contribution < -0.4 is 10.9 Å². The van der Waals surface area contributed by atoms with Crippen LogP contribution in [0.2, 0.25) is 0 Å². The summed E-state index contributed by atoms with van der Waals surface area (Å²) in [5.41, 5.74) is 6.21. The highest BCUT2D eigenvalue weighted by molar-refractivity contribution is 5.63. The molecular weight excluding hydrogens is 184 g/mol. The number of amides is 1. The number of benzene rings is 1. The summed E-state index contributed by atoms with van der Waals surface area (Å²) < 4.78 is 0. The average Bonchev–Trinajstić information content (AvgIpc) is 2.10. The quantitative estimate of drug-likeness (QED) is 0.543. The van der Waals surface area contributed by atoms with E-state index in [1.165, 1.54) is 0 Å². The number of aryl methyl sites for hydroxylation is 1. The van der Waals surface area contributed by atoms with E-state index < -0.39 is 6.09 Å². The highest BCUT2D eigenvalue weighted by Crippen LogP contribution is 2.16. The van der Waals surface area contributed by atoms with Gasteiger partial charge in [-0.25, -0.2) is 10.2 Å². The second kappa shape index (κ2) is 4.48. The Bertz CT molecular complexity index is 339. The Kier molecular flexibility index (Phi) is 3.30. The molecule has 0 fully saturated rings. The van der Waals surface area contributed by atoms with Crippen LogP contribution >= 0.6 is 0 Å². The Labute approximate surface area is 81.3 Å². The topological polar surface area (TPSA) is 81.6 Å². The number of carboxylic acid groups (broad SMARTS) is 1. The first-order valence-corrected chi connectivity index (χ1v) is 4.10. The van der Waals surface area contributed by atoms with Gasteiger partial charge in [-0.15, -0.1) is 0 Å². The van der Waals surface area contributed by atoms with E-state index in [0.717, 1.165) is 11.1 Å². The molecule has 76 valence electrons. The minimum absolute atomic E-state index is 0.236. The van der Waals surface area contributed by atoms with Gasteiger partial charge in [0.1, 0.15) is 5.75 Å². The summed E-state index contributed by atoms with van der Waals surface area (Å²) >= 11 is 0. The van der Waals surface area contributed by atoms with Crippen LogP contribution in [0.5, 0.6) is 5.75 Å². The van der Waals surface area contributed by atoms with Gasteiger partial charge < -0.3 is 10.2 Å². The van der Waals surface area contributed by atoms with Gasteiger partial charge in [0.25, 0.3) is 0 Å². The minimum atomic E-state index is -1.12. The molecule has 14 heavy (non-hydrogen) atoms.